The van der Waals surface area contributed by atoms with Gasteiger partial charge in [-0.3, -0.25) is 9.59 Å². The van der Waals surface area contributed by atoms with Crippen molar-refractivity contribution in [3.63, 3.8) is 0 Å². The zero-order valence-electron chi connectivity index (χ0n) is 9.91. The molecule has 0 unspecified atom stereocenters. The number of hydrogen-bond acceptors (Lipinski definition) is 4. The molecule has 0 amide bonds. The Kier molecular flexibility index (Phi) is 2.71. The van der Waals surface area contributed by atoms with Crippen molar-refractivity contribution in [2.75, 3.05) is 0 Å². The topological polar surface area (TPSA) is 54.9 Å². The summed E-state index contributed by atoms with van der Waals surface area (Å²) in [6.45, 7) is 1.36. The van der Waals surface area contributed by atoms with Crippen LogP contribution in [0.1, 0.15) is 35.0 Å². The molecule has 1 aliphatic rings. The second-order valence-electron chi connectivity index (χ2n) is 4.50. The van der Waals surface area contributed by atoms with Crippen molar-refractivity contribution in [3.8, 4) is 0 Å². The van der Waals surface area contributed by atoms with Crippen LogP contribution < -0.4 is 5.56 Å². The van der Waals surface area contributed by atoms with E-state index in [2.05, 4.69) is 4.98 Å². The molecule has 0 aromatic carbocycles. The number of H-pyrrole nitrogens is 1. The molecule has 6 heteroatoms. The lowest BCUT2D eigenvalue weighted by Crippen LogP contribution is -2.26. The lowest BCUT2D eigenvalue weighted by Gasteiger charge is -2.10. The Labute approximate surface area is 112 Å². The van der Waals surface area contributed by atoms with Crippen molar-refractivity contribution in [1.29, 1.82) is 0 Å². The van der Waals surface area contributed by atoms with Crippen LogP contribution in [0.4, 0.5) is 0 Å². The number of carbonyl (C=O) groups is 1. The summed E-state index contributed by atoms with van der Waals surface area (Å²) in [6.07, 6.45) is 4.22. The van der Waals surface area contributed by atoms with Gasteiger partial charge in [0.1, 0.15) is 4.83 Å². The maximum Gasteiger partial charge on any atom is 0.270 e. The zero-order valence-corrected chi connectivity index (χ0v) is 11.5. The number of rotatable bonds is 0. The van der Waals surface area contributed by atoms with Crippen LogP contribution in [0.3, 0.4) is 0 Å². The summed E-state index contributed by atoms with van der Waals surface area (Å²) in [5.74, 6) is -0.334. The zero-order chi connectivity index (χ0) is 12.9. The number of thiophene rings is 1. The number of nitrogens with one attached hydrogen (secondary N) is 1. The first-order valence-corrected chi connectivity index (χ1v) is 7.12. The monoisotopic (exact) mass is 280 g/mol. The van der Waals surface area contributed by atoms with Gasteiger partial charge in [0, 0.05) is 11.8 Å². The number of nitrogens with zero attached hydrogens (tertiary/aromatic N) is 1. The van der Waals surface area contributed by atoms with Crippen LogP contribution in [0.15, 0.2) is 4.79 Å². The van der Waals surface area contributed by atoms with Gasteiger partial charge >= 0.3 is 0 Å². The number of carbonyl (C=O) groups excluding carboxylic acids is 1. The molecule has 1 aliphatic carbocycles. The lowest BCUT2D eigenvalue weighted by atomic mass is 9.97. The summed E-state index contributed by atoms with van der Waals surface area (Å²) in [6, 6.07) is 0. The molecule has 2 aromatic rings. The highest BCUT2D eigenvalue weighted by molar-refractivity contribution is 7.71. The third-order valence-electron chi connectivity index (χ3n) is 3.33. The van der Waals surface area contributed by atoms with Gasteiger partial charge in [-0.05, 0) is 43.5 Å². The van der Waals surface area contributed by atoms with Crippen molar-refractivity contribution in [3.05, 3.63) is 25.6 Å². The second kappa shape index (κ2) is 4.13. The van der Waals surface area contributed by atoms with Crippen LogP contribution >= 0.6 is 23.6 Å². The Hall–Kier alpha value is -1.27. The third-order valence-corrected chi connectivity index (χ3v) is 4.82. The molecule has 0 bridgehead atoms. The molecule has 0 fully saturated rings. The van der Waals surface area contributed by atoms with Crippen LogP contribution in [0, 0.1) is 4.77 Å². The van der Waals surface area contributed by atoms with Gasteiger partial charge in [0.2, 0.25) is 5.91 Å². The smallest absolute Gasteiger partial charge is 0.270 e. The molecule has 0 atom stereocenters. The highest BCUT2D eigenvalue weighted by Crippen LogP contribution is 2.33. The van der Waals surface area contributed by atoms with E-state index in [9.17, 15) is 9.59 Å². The Bertz CT molecular complexity index is 767. The van der Waals surface area contributed by atoms with Gasteiger partial charge in [0.15, 0.2) is 4.77 Å². The molecular weight excluding hydrogens is 268 g/mol. The SMILES string of the molecule is CC(=O)n1c(=S)[nH]c2sc3c(c2c1=O)CCCC3. The number of aromatic amines is 1. The minimum absolute atomic E-state index is 0.193. The highest BCUT2D eigenvalue weighted by Gasteiger charge is 2.20. The number of aromatic nitrogens is 2. The van der Waals surface area contributed by atoms with E-state index in [1.54, 1.807) is 11.3 Å². The fourth-order valence-electron chi connectivity index (χ4n) is 2.52. The van der Waals surface area contributed by atoms with E-state index in [1.807, 2.05) is 0 Å². The van der Waals surface area contributed by atoms with E-state index < -0.39 is 0 Å². The lowest BCUT2D eigenvalue weighted by molar-refractivity contribution is 0.0930. The van der Waals surface area contributed by atoms with E-state index >= 15 is 0 Å². The quantitative estimate of drug-likeness (QED) is 0.755. The Morgan fingerprint density at radius 3 is 2.83 bits per heavy atom. The first-order chi connectivity index (χ1) is 8.59. The normalized spacial score (nSPS) is 14.7. The van der Waals surface area contributed by atoms with Crippen LogP contribution in [-0.2, 0) is 12.8 Å². The largest absolute Gasteiger partial charge is 0.323 e. The summed E-state index contributed by atoms with van der Waals surface area (Å²) in [5, 5.41) is 0.665. The Morgan fingerprint density at radius 1 is 1.39 bits per heavy atom. The molecule has 2 aromatic heterocycles. The summed E-state index contributed by atoms with van der Waals surface area (Å²) in [5.41, 5.74) is 0.855. The van der Waals surface area contributed by atoms with E-state index in [0.29, 0.717) is 5.39 Å². The van der Waals surface area contributed by atoms with E-state index in [1.165, 1.54) is 18.2 Å². The van der Waals surface area contributed by atoms with Gasteiger partial charge in [-0.25, -0.2) is 4.57 Å². The number of aryl methyl sites for hydroxylation is 2. The summed E-state index contributed by atoms with van der Waals surface area (Å²) in [4.78, 5) is 29.0. The predicted molar refractivity (Wildman–Crippen MR) is 74.2 cm³/mol. The second-order valence-corrected chi connectivity index (χ2v) is 6.00. The minimum atomic E-state index is -0.334. The molecule has 0 saturated heterocycles. The van der Waals surface area contributed by atoms with Gasteiger partial charge < -0.3 is 4.98 Å². The standard InChI is InChI=1S/C12H12N2O2S2/c1-6(15)14-11(16)9-7-4-2-3-5-8(7)18-10(9)13-12(14)17/h2-5H2,1H3,(H,13,17). The maximum atomic E-state index is 12.4. The van der Waals surface area contributed by atoms with Gasteiger partial charge in [0.25, 0.3) is 5.56 Å². The average Bonchev–Trinajstić information content (AvgIpc) is 2.66. The third kappa shape index (κ3) is 1.59. The van der Waals surface area contributed by atoms with Crippen molar-refractivity contribution in [1.82, 2.24) is 9.55 Å². The molecule has 0 saturated carbocycles. The maximum absolute atomic E-state index is 12.4. The Balaban J connectivity index is 2.47. The molecule has 3 rings (SSSR count). The van der Waals surface area contributed by atoms with E-state index in [0.717, 1.165) is 34.2 Å². The fourth-order valence-corrected chi connectivity index (χ4v) is 4.18. The summed E-state index contributed by atoms with van der Waals surface area (Å²) < 4.78 is 1.25. The van der Waals surface area contributed by atoms with Crippen LogP contribution in [-0.4, -0.2) is 15.5 Å². The van der Waals surface area contributed by atoms with Crippen molar-refractivity contribution in [2.45, 2.75) is 32.6 Å². The first kappa shape index (κ1) is 11.8. The number of hydrogen-bond donors (Lipinski definition) is 1. The van der Waals surface area contributed by atoms with Gasteiger partial charge in [0.05, 0.1) is 5.39 Å². The molecule has 0 aliphatic heterocycles. The van der Waals surface area contributed by atoms with Crippen molar-refractivity contribution < 1.29 is 4.79 Å². The molecule has 18 heavy (non-hydrogen) atoms. The first-order valence-electron chi connectivity index (χ1n) is 5.90. The van der Waals surface area contributed by atoms with E-state index in [4.69, 9.17) is 12.2 Å². The van der Waals surface area contributed by atoms with Crippen LogP contribution in [0.25, 0.3) is 10.2 Å². The van der Waals surface area contributed by atoms with Gasteiger partial charge in [-0.15, -0.1) is 11.3 Å². The fraction of sp³-hybridized carbons (Fsp3) is 0.417. The van der Waals surface area contributed by atoms with Gasteiger partial charge in [-0.2, -0.15) is 0 Å². The van der Waals surface area contributed by atoms with Crippen LogP contribution in [0.5, 0.6) is 0 Å². The molecule has 1 N–H and O–H groups in total. The average molecular weight is 280 g/mol. The van der Waals surface area contributed by atoms with E-state index in [-0.39, 0.29) is 16.2 Å². The highest BCUT2D eigenvalue weighted by atomic mass is 32.1. The number of fused-ring (bicyclic) bond motifs is 3. The molecule has 0 spiro atoms. The predicted octanol–water partition coefficient (Wildman–Crippen LogP) is 2.66. The molecule has 94 valence electrons. The summed E-state index contributed by atoms with van der Waals surface area (Å²) in [7, 11) is 0. The van der Waals surface area contributed by atoms with Gasteiger partial charge in [-0.1, -0.05) is 0 Å². The molecule has 0 radical (unpaired) electrons. The molecule has 4 nitrogen and oxygen atoms in total. The minimum Gasteiger partial charge on any atom is -0.323 e. The molecular formula is C12H12N2O2S2. The van der Waals surface area contributed by atoms with Crippen LogP contribution in [0.2, 0.25) is 0 Å². The van der Waals surface area contributed by atoms with Crippen molar-refractivity contribution in [2.24, 2.45) is 0 Å². The van der Waals surface area contributed by atoms with Crippen molar-refractivity contribution >= 4 is 39.7 Å². The Morgan fingerprint density at radius 2 is 2.11 bits per heavy atom. The summed E-state index contributed by atoms with van der Waals surface area (Å²) >= 11 is 6.68. The molecule has 2 heterocycles.